The maximum absolute atomic E-state index is 14.8. The van der Waals surface area contributed by atoms with E-state index in [1.54, 1.807) is 0 Å². The summed E-state index contributed by atoms with van der Waals surface area (Å²) in [4.78, 5) is 13.7. The summed E-state index contributed by atoms with van der Waals surface area (Å²) in [6.45, 7) is 6.98. The Kier molecular flexibility index (Phi) is 6.61. The molecule has 0 aromatic heterocycles. The second kappa shape index (κ2) is 9.16. The Morgan fingerprint density at radius 3 is 2.75 bits per heavy atom. The molecule has 5 nitrogen and oxygen atoms in total. The topological polar surface area (TPSA) is 53.6 Å². The molecule has 2 saturated heterocycles. The van der Waals surface area contributed by atoms with Gasteiger partial charge in [0, 0.05) is 44.8 Å². The Labute approximate surface area is 167 Å². The Morgan fingerprint density at radius 1 is 1.21 bits per heavy atom. The lowest BCUT2D eigenvalue weighted by molar-refractivity contribution is -0.110. The van der Waals surface area contributed by atoms with Gasteiger partial charge in [0.15, 0.2) is 0 Å². The fourth-order valence-corrected chi connectivity index (χ4v) is 5.43. The van der Waals surface area contributed by atoms with Gasteiger partial charge in [0.25, 0.3) is 0 Å². The maximum Gasteiger partial charge on any atom is 0.149 e. The normalized spacial score (nSPS) is 39.7. The van der Waals surface area contributed by atoms with Crippen molar-refractivity contribution in [2.24, 2.45) is 11.8 Å². The van der Waals surface area contributed by atoms with Crippen LogP contribution in [0.4, 0.5) is 4.39 Å². The molecule has 0 aromatic rings. The number of hydrogen-bond acceptors (Lipinski definition) is 5. The number of carbonyl (C=O) groups excluding carboxylic acids is 1. The number of allylic oxidation sites excluding steroid dienone is 2. The first-order chi connectivity index (χ1) is 13.7. The van der Waals surface area contributed by atoms with Crippen molar-refractivity contribution in [1.29, 1.82) is 0 Å². The minimum absolute atomic E-state index is 0.158. The molecule has 0 spiro atoms. The zero-order chi connectivity index (χ0) is 19.4. The Morgan fingerprint density at radius 2 is 2.07 bits per heavy atom. The average Bonchev–Trinajstić information content (AvgIpc) is 3.22. The summed E-state index contributed by atoms with van der Waals surface area (Å²) >= 11 is 0. The SMILES string of the molecule is O=CC1=CC[C@](OC2CCNC2)(C2CC(F)CC(CN3CCNCC3)C2)C=C1. The molecular weight excluding hydrogens is 357 g/mol. The standard InChI is InChI=1S/C22H34FN3O2/c23-20-12-18(15-26-9-7-24-8-10-26)11-19(13-20)22(28-21-3-6-25-14-21)4-1-17(16-27)2-5-22/h1-2,4,16,18-21,24-25H,3,5-15H2/t18?,19?,20?,21?,22-/m0/s1. The summed E-state index contributed by atoms with van der Waals surface area (Å²) in [6.07, 6.45) is 10.1. The van der Waals surface area contributed by atoms with Crippen LogP contribution in [-0.4, -0.2) is 74.9 Å². The second-order valence-corrected chi connectivity index (χ2v) is 8.96. The van der Waals surface area contributed by atoms with Crippen molar-refractivity contribution < 1.29 is 13.9 Å². The number of nitrogens with zero attached hydrogens (tertiary/aromatic N) is 1. The first kappa shape index (κ1) is 20.2. The lowest BCUT2D eigenvalue weighted by Crippen LogP contribution is -2.49. The van der Waals surface area contributed by atoms with Crippen LogP contribution in [-0.2, 0) is 9.53 Å². The predicted molar refractivity (Wildman–Crippen MR) is 108 cm³/mol. The molecule has 2 aliphatic heterocycles. The van der Waals surface area contributed by atoms with Crippen molar-refractivity contribution in [2.75, 3.05) is 45.8 Å². The molecule has 2 heterocycles. The number of rotatable bonds is 6. The molecule has 0 radical (unpaired) electrons. The molecule has 6 heteroatoms. The number of halogens is 1. The summed E-state index contributed by atoms with van der Waals surface area (Å²) in [5.74, 6) is 0.532. The second-order valence-electron chi connectivity index (χ2n) is 8.96. The van der Waals surface area contributed by atoms with E-state index >= 15 is 0 Å². The smallest absolute Gasteiger partial charge is 0.149 e. The van der Waals surface area contributed by atoms with E-state index in [9.17, 15) is 9.18 Å². The number of aldehydes is 1. The van der Waals surface area contributed by atoms with Crippen molar-refractivity contribution in [3.8, 4) is 0 Å². The zero-order valence-electron chi connectivity index (χ0n) is 16.7. The van der Waals surface area contributed by atoms with E-state index < -0.39 is 11.8 Å². The number of hydrogen-bond donors (Lipinski definition) is 2. The summed E-state index contributed by atoms with van der Waals surface area (Å²) in [7, 11) is 0. The highest BCUT2D eigenvalue weighted by Gasteiger charge is 2.45. The average molecular weight is 392 g/mol. The van der Waals surface area contributed by atoms with Crippen LogP contribution >= 0.6 is 0 Å². The van der Waals surface area contributed by atoms with E-state index in [1.807, 2.05) is 12.2 Å². The van der Waals surface area contributed by atoms with Gasteiger partial charge in [0.2, 0.25) is 0 Å². The van der Waals surface area contributed by atoms with E-state index in [-0.39, 0.29) is 12.0 Å². The molecule has 2 aliphatic carbocycles. The minimum Gasteiger partial charge on any atom is -0.366 e. The van der Waals surface area contributed by atoms with Crippen LogP contribution in [0.1, 0.15) is 32.1 Å². The van der Waals surface area contributed by atoms with Gasteiger partial charge in [0.05, 0.1) is 11.7 Å². The zero-order valence-corrected chi connectivity index (χ0v) is 16.7. The predicted octanol–water partition coefficient (Wildman–Crippen LogP) is 1.85. The third-order valence-electron chi connectivity index (χ3n) is 6.92. The fraction of sp³-hybridized carbons (Fsp3) is 0.773. The lowest BCUT2D eigenvalue weighted by Gasteiger charge is -2.46. The number of alkyl halides is 1. The van der Waals surface area contributed by atoms with Crippen molar-refractivity contribution in [3.05, 3.63) is 23.8 Å². The third-order valence-corrected chi connectivity index (χ3v) is 6.92. The summed E-state index contributed by atoms with van der Waals surface area (Å²) in [6, 6.07) is 0. The molecule has 4 unspecified atom stereocenters. The van der Waals surface area contributed by atoms with E-state index in [0.29, 0.717) is 30.8 Å². The van der Waals surface area contributed by atoms with Crippen LogP contribution in [0, 0.1) is 11.8 Å². The molecular formula is C22H34FN3O2. The van der Waals surface area contributed by atoms with Gasteiger partial charge >= 0.3 is 0 Å². The molecule has 5 atom stereocenters. The van der Waals surface area contributed by atoms with Crippen LogP contribution in [0.25, 0.3) is 0 Å². The van der Waals surface area contributed by atoms with Gasteiger partial charge in [-0.2, -0.15) is 0 Å². The van der Waals surface area contributed by atoms with E-state index in [4.69, 9.17) is 4.74 Å². The molecule has 156 valence electrons. The van der Waals surface area contributed by atoms with Gasteiger partial charge in [-0.05, 0) is 50.5 Å². The Balaban J connectivity index is 1.48. The van der Waals surface area contributed by atoms with Gasteiger partial charge in [-0.1, -0.05) is 18.2 Å². The number of ether oxygens (including phenoxy) is 1. The molecule has 3 fully saturated rings. The minimum atomic E-state index is -0.765. The third kappa shape index (κ3) is 4.73. The Hall–Kier alpha value is -1.08. The maximum atomic E-state index is 14.8. The summed E-state index contributed by atoms with van der Waals surface area (Å²) in [5.41, 5.74) is 0.226. The van der Waals surface area contributed by atoms with Crippen LogP contribution in [0.3, 0.4) is 0 Å². The molecule has 28 heavy (non-hydrogen) atoms. The highest BCUT2D eigenvalue weighted by Crippen LogP contribution is 2.44. The monoisotopic (exact) mass is 391 g/mol. The highest BCUT2D eigenvalue weighted by molar-refractivity contribution is 5.78. The molecule has 0 aromatic carbocycles. The molecule has 2 N–H and O–H groups in total. The fourth-order valence-electron chi connectivity index (χ4n) is 5.43. The van der Waals surface area contributed by atoms with Crippen LogP contribution in [0.2, 0.25) is 0 Å². The van der Waals surface area contributed by atoms with E-state index in [2.05, 4.69) is 21.6 Å². The molecule has 0 bridgehead atoms. The van der Waals surface area contributed by atoms with Gasteiger partial charge in [-0.3, -0.25) is 4.79 Å². The van der Waals surface area contributed by atoms with Gasteiger partial charge < -0.3 is 20.3 Å². The molecule has 1 saturated carbocycles. The molecule has 4 rings (SSSR count). The summed E-state index contributed by atoms with van der Waals surface area (Å²) in [5, 5.41) is 6.76. The van der Waals surface area contributed by atoms with Crippen LogP contribution in [0.5, 0.6) is 0 Å². The van der Waals surface area contributed by atoms with Crippen LogP contribution < -0.4 is 10.6 Å². The highest BCUT2D eigenvalue weighted by atomic mass is 19.1. The van der Waals surface area contributed by atoms with Crippen molar-refractivity contribution >= 4 is 6.29 Å². The van der Waals surface area contributed by atoms with Gasteiger partial charge in [-0.25, -0.2) is 4.39 Å². The molecule has 0 amide bonds. The van der Waals surface area contributed by atoms with Crippen molar-refractivity contribution in [1.82, 2.24) is 15.5 Å². The van der Waals surface area contributed by atoms with Crippen LogP contribution in [0.15, 0.2) is 23.8 Å². The number of nitrogens with one attached hydrogen (secondary N) is 2. The van der Waals surface area contributed by atoms with Crippen molar-refractivity contribution in [2.45, 2.75) is 50.0 Å². The van der Waals surface area contributed by atoms with Gasteiger partial charge in [-0.15, -0.1) is 0 Å². The first-order valence-electron chi connectivity index (χ1n) is 11.0. The number of piperazine rings is 1. The van der Waals surface area contributed by atoms with Crippen molar-refractivity contribution in [3.63, 3.8) is 0 Å². The van der Waals surface area contributed by atoms with Gasteiger partial charge in [0.1, 0.15) is 12.5 Å². The largest absolute Gasteiger partial charge is 0.366 e. The lowest BCUT2D eigenvalue weighted by atomic mass is 9.69. The first-order valence-corrected chi connectivity index (χ1v) is 11.0. The summed E-state index contributed by atoms with van der Waals surface area (Å²) < 4.78 is 21.5. The molecule has 4 aliphatic rings. The van der Waals surface area contributed by atoms with E-state index in [0.717, 1.165) is 64.9 Å². The quantitative estimate of drug-likeness (QED) is 0.677. The number of carbonyl (C=O) groups is 1. The Bertz CT molecular complexity index is 599. The van der Waals surface area contributed by atoms with E-state index in [1.165, 1.54) is 0 Å².